The molecule has 0 bridgehead atoms. The predicted octanol–water partition coefficient (Wildman–Crippen LogP) is 3.95. The zero-order valence-corrected chi connectivity index (χ0v) is 17.1. The highest BCUT2D eigenvalue weighted by molar-refractivity contribution is 7.89. The molecule has 0 heterocycles. The van der Waals surface area contributed by atoms with Gasteiger partial charge in [0.1, 0.15) is 6.04 Å². The molecule has 0 aromatic heterocycles. The summed E-state index contributed by atoms with van der Waals surface area (Å²) in [6, 6.07) is 11.7. The lowest BCUT2D eigenvalue weighted by atomic mass is 9.96. The smallest absolute Gasteiger partial charge is 0.424 e. The Morgan fingerprint density at radius 1 is 0.964 bits per heavy atom. The van der Waals surface area contributed by atoms with Gasteiger partial charge in [-0.1, -0.05) is 54.1 Å². The largest absolute Gasteiger partial charge is 0.452 e. The van der Waals surface area contributed by atoms with E-state index in [2.05, 4.69) is 6.58 Å². The highest BCUT2D eigenvalue weighted by Gasteiger charge is 2.40. The monoisotopic (exact) mass is 401 g/mol. The van der Waals surface area contributed by atoms with Crippen LogP contribution in [0.15, 0.2) is 65.6 Å². The number of hydrogen-bond acceptors (Lipinski definition) is 5. The average Bonchev–Trinajstić information content (AvgIpc) is 2.66. The van der Waals surface area contributed by atoms with Gasteiger partial charge in [-0.3, -0.25) is 4.79 Å². The fourth-order valence-corrected chi connectivity index (χ4v) is 4.18. The van der Waals surface area contributed by atoms with Crippen LogP contribution in [-0.2, 0) is 19.6 Å². The van der Waals surface area contributed by atoms with Gasteiger partial charge >= 0.3 is 6.09 Å². The lowest BCUT2D eigenvalue weighted by Crippen LogP contribution is -2.41. The van der Waals surface area contributed by atoms with Gasteiger partial charge in [-0.15, -0.1) is 0 Å². The third-order valence-electron chi connectivity index (χ3n) is 4.34. The van der Waals surface area contributed by atoms with Crippen LogP contribution >= 0.6 is 0 Å². The summed E-state index contributed by atoms with van der Waals surface area (Å²) < 4.78 is 32.0. The van der Waals surface area contributed by atoms with Crippen molar-refractivity contribution in [2.75, 3.05) is 7.11 Å². The lowest BCUT2D eigenvalue weighted by Gasteiger charge is -2.31. The molecule has 0 aliphatic heterocycles. The first-order valence-electron chi connectivity index (χ1n) is 8.55. The highest BCUT2D eigenvalue weighted by Crippen LogP contribution is 2.34. The number of benzene rings is 2. The molecule has 7 heteroatoms. The molecule has 0 N–H and O–H groups in total. The number of Topliss-reactive ketones (excluding diaryl/α,β-unsaturated/α-hetero) is 1. The second-order valence-electron chi connectivity index (χ2n) is 6.48. The van der Waals surface area contributed by atoms with E-state index in [4.69, 9.17) is 4.74 Å². The number of aryl methyl sites for hydroxylation is 2. The lowest BCUT2D eigenvalue weighted by molar-refractivity contribution is -0.114. The Balaban J connectivity index is 2.72. The SMILES string of the molecule is C=C(C(C)=O)[C@H](c1ccc(C)cc1)N(C(=O)OC)S(=O)(=O)c1ccc(C)cc1. The molecule has 148 valence electrons. The molecule has 0 fully saturated rings. The minimum atomic E-state index is -4.32. The maximum Gasteiger partial charge on any atom is 0.424 e. The van der Waals surface area contributed by atoms with Crippen LogP contribution in [0.1, 0.15) is 29.7 Å². The summed E-state index contributed by atoms with van der Waals surface area (Å²) in [7, 11) is -3.23. The van der Waals surface area contributed by atoms with E-state index in [0.717, 1.165) is 18.2 Å². The Labute approximate surface area is 165 Å². The number of carbonyl (C=O) groups excluding carboxylic acids is 2. The molecule has 28 heavy (non-hydrogen) atoms. The Kier molecular flexibility index (Phi) is 6.41. The number of ketones is 1. The van der Waals surface area contributed by atoms with E-state index in [1.165, 1.54) is 19.1 Å². The van der Waals surface area contributed by atoms with Crippen LogP contribution in [0, 0.1) is 13.8 Å². The minimum absolute atomic E-state index is 0.0371. The zero-order valence-electron chi connectivity index (χ0n) is 16.3. The molecule has 0 saturated heterocycles. The molecule has 0 spiro atoms. The molecule has 6 nitrogen and oxygen atoms in total. The molecule has 0 saturated carbocycles. The predicted molar refractivity (Wildman–Crippen MR) is 106 cm³/mol. The third-order valence-corrected chi connectivity index (χ3v) is 6.09. The molecule has 2 rings (SSSR count). The van der Waals surface area contributed by atoms with Gasteiger partial charge in [0.25, 0.3) is 10.0 Å². The normalized spacial score (nSPS) is 12.1. The van der Waals surface area contributed by atoms with Gasteiger partial charge < -0.3 is 4.74 Å². The summed E-state index contributed by atoms with van der Waals surface area (Å²) in [6.07, 6.45) is -1.10. The van der Waals surface area contributed by atoms with Gasteiger partial charge in [0.2, 0.25) is 0 Å². The summed E-state index contributed by atoms with van der Waals surface area (Å²) in [6.45, 7) is 8.72. The molecule has 0 unspecified atom stereocenters. The third kappa shape index (κ3) is 4.31. The van der Waals surface area contributed by atoms with Crippen molar-refractivity contribution in [3.05, 3.63) is 77.4 Å². The van der Waals surface area contributed by atoms with Gasteiger partial charge in [-0.05, 0) is 38.5 Å². The van der Waals surface area contributed by atoms with E-state index >= 15 is 0 Å². The van der Waals surface area contributed by atoms with Crippen LogP contribution in [0.5, 0.6) is 0 Å². The van der Waals surface area contributed by atoms with Crippen molar-refractivity contribution in [2.24, 2.45) is 0 Å². The first-order valence-corrected chi connectivity index (χ1v) is 9.99. The average molecular weight is 401 g/mol. The zero-order chi connectivity index (χ0) is 21.1. The van der Waals surface area contributed by atoms with Crippen molar-refractivity contribution >= 4 is 21.9 Å². The molecule has 2 aromatic carbocycles. The summed E-state index contributed by atoms with van der Waals surface area (Å²) in [5.74, 6) is -0.432. The topological polar surface area (TPSA) is 80.8 Å². The van der Waals surface area contributed by atoms with Crippen LogP contribution in [0.25, 0.3) is 0 Å². The quantitative estimate of drug-likeness (QED) is 0.685. The van der Waals surface area contributed by atoms with Crippen molar-refractivity contribution < 1.29 is 22.7 Å². The van der Waals surface area contributed by atoms with E-state index in [1.54, 1.807) is 36.4 Å². The molecular weight excluding hydrogens is 378 g/mol. The maximum absolute atomic E-state index is 13.3. The Morgan fingerprint density at radius 2 is 1.43 bits per heavy atom. The first kappa shape index (κ1) is 21.4. The van der Waals surface area contributed by atoms with Crippen LogP contribution < -0.4 is 0 Å². The van der Waals surface area contributed by atoms with Gasteiger partial charge in [0.05, 0.1) is 12.0 Å². The van der Waals surface area contributed by atoms with E-state index in [9.17, 15) is 18.0 Å². The van der Waals surface area contributed by atoms with Crippen molar-refractivity contribution in [3.8, 4) is 0 Å². The van der Waals surface area contributed by atoms with E-state index in [0.29, 0.717) is 9.87 Å². The minimum Gasteiger partial charge on any atom is -0.452 e. The number of methoxy groups -OCH3 is 1. The Hall–Kier alpha value is -2.93. The number of sulfonamides is 1. The second kappa shape index (κ2) is 8.39. The number of nitrogens with zero attached hydrogens (tertiary/aromatic N) is 1. The molecule has 0 aliphatic rings. The van der Waals surface area contributed by atoms with Crippen LogP contribution in [-0.4, -0.2) is 31.7 Å². The van der Waals surface area contributed by atoms with E-state index in [1.807, 2.05) is 13.8 Å². The van der Waals surface area contributed by atoms with Crippen molar-refractivity contribution in [2.45, 2.75) is 31.7 Å². The Bertz CT molecular complexity index is 992. The van der Waals surface area contributed by atoms with E-state index in [-0.39, 0.29) is 10.5 Å². The highest BCUT2D eigenvalue weighted by atomic mass is 32.2. The fourth-order valence-electron chi connectivity index (χ4n) is 2.68. The molecule has 0 radical (unpaired) electrons. The maximum atomic E-state index is 13.3. The van der Waals surface area contributed by atoms with E-state index < -0.39 is 27.9 Å². The number of hydrogen-bond donors (Lipinski definition) is 0. The fraction of sp³-hybridized carbons (Fsp3) is 0.238. The summed E-state index contributed by atoms with van der Waals surface area (Å²) in [5, 5.41) is 0. The summed E-state index contributed by atoms with van der Waals surface area (Å²) in [5.41, 5.74) is 2.21. The summed E-state index contributed by atoms with van der Waals surface area (Å²) >= 11 is 0. The molecule has 1 amide bonds. The van der Waals surface area contributed by atoms with Crippen LogP contribution in [0.2, 0.25) is 0 Å². The summed E-state index contributed by atoms with van der Waals surface area (Å²) in [4.78, 5) is 24.6. The van der Waals surface area contributed by atoms with Gasteiger partial charge in [-0.2, -0.15) is 4.31 Å². The number of amides is 1. The van der Waals surface area contributed by atoms with Gasteiger partial charge in [0.15, 0.2) is 5.78 Å². The second-order valence-corrected chi connectivity index (χ2v) is 8.29. The standard InChI is InChI=1S/C21H23NO5S/c1-14-6-10-18(11-7-14)20(16(3)17(4)23)22(21(24)27-5)28(25,26)19-12-8-15(2)9-13-19/h6-13,20H,3H2,1-2,4-5H3/t20-/m1/s1. The molecule has 1 atom stereocenters. The molecular formula is C21H23NO5S. The van der Waals surface area contributed by atoms with Crippen molar-refractivity contribution in [1.29, 1.82) is 0 Å². The number of carbonyl (C=O) groups is 2. The van der Waals surface area contributed by atoms with Gasteiger partial charge in [0, 0.05) is 5.57 Å². The molecule has 0 aliphatic carbocycles. The van der Waals surface area contributed by atoms with Crippen molar-refractivity contribution in [1.82, 2.24) is 4.31 Å². The Morgan fingerprint density at radius 3 is 1.86 bits per heavy atom. The van der Waals surface area contributed by atoms with Crippen LogP contribution in [0.3, 0.4) is 0 Å². The number of rotatable bonds is 6. The first-order chi connectivity index (χ1) is 13.1. The number of ether oxygens (including phenoxy) is 1. The molecule has 2 aromatic rings. The van der Waals surface area contributed by atoms with Gasteiger partial charge in [-0.25, -0.2) is 13.2 Å². The van der Waals surface area contributed by atoms with Crippen molar-refractivity contribution in [3.63, 3.8) is 0 Å². The van der Waals surface area contributed by atoms with Crippen LogP contribution in [0.4, 0.5) is 4.79 Å².